The molecule has 2 aliphatic rings. The van der Waals surface area contributed by atoms with Crippen LogP contribution in [0.2, 0.25) is 0 Å². The molecule has 1 saturated heterocycles. The van der Waals surface area contributed by atoms with E-state index >= 15 is 0 Å². The first-order chi connectivity index (χ1) is 9.14. The topological polar surface area (TPSA) is 30.5 Å². The average Bonchev–Trinajstić information content (AvgIpc) is 2.43. The smallest absolute Gasteiger partial charge is 0.119 e. The number of hydrogen-bond donors (Lipinski definition) is 1. The average molecular weight is 261 g/mol. The van der Waals surface area contributed by atoms with Gasteiger partial charge in [-0.05, 0) is 56.4 Å². The molecule has 0 amide bonds. The van der Waals surface area contributed by atoms with E-state index in [2.05, 4.69) is 37.4 Å². The molecule has 3 heteroatoms. The van der Waals surface area contributed by atoms with Gasteiger partial charge in [0, 0.05) is 12.6 Å². The van der Waals surface area contributed by atoms with Crippen LogP contribution in [-0.4, -0.2) is 25.8 Å². The Hall–Kier alpha value is -1.06. The standard InChI is InChI=1S/C16H23NO2/c1-11-12(2)19-16(10-17-11)8-4-5-13-6-7-14(18-3)9-15(13)16/h6-7,9,11-12,17H,4-5,8,10H2,1-3H3. The fourth-order valence-electron chi connectivity index (χ4n) is 3.32. The van der Waals surface area contributed by atoms with Crippen LogP contribution >= 0.6 is 0 Å². The predicted molar refractivity (Wildman–Crippen MR) is 75.6 cm³/mol. The maximum atomic E-state index is 6.43. The number of hydrogen-bond acceptors (Lipinski definition) is 3. The maximum Gasteiger partial charge on any atom is 0.119 e. The van der Waals surface area contributed by atoms with Gasteiger partial charge in [-0.15, -0.1) is 0 Å². The number of morpholine rings is 1. The second-order valence-electron chi connectivity index (χ2n) is 5.86. The molecular formula is C16H23NO2. The molecule has 1 aromatic carbocycles. The lowest BCUT2D eigenvalue weighted by Crippen LogP contribution is -2.56. The Balaban J connectivity index is 2.01. The summed E-state index contributed by atoms with van der Waals surface area (Å²) in [7, 11) is 1.72. The molecule has 3 atom stereocenters. The molecule has 0 bridgehead atoms. The van der Waals surface area contributed by atoms with Crippen LogP contribution in [0, 0.1) is 0 Å². The largest absolute Gasteiger partial charge is 0.497 e. The first-order valence-corrected chi connectivity index (χ1v) is 7.23. The minimum atomic E-state index is -0.159. The van der Waals surface area contributed by atoms with Crippen LogP contribution in [0.4, 0.5) is 0 Å². The zero-order chi connectivity index (χ0) is 13.5. The Morgan fingerprint density at radius 3 is 2.95 bits per heavy atom. The van der Waals surface area contributed by atoms with Gasteiger partial charge in [-0.25, -0.2) is 0 Å². The van der Waals surface area contributed by atoms with Crippen molar-refractivity contribution in [2.75, 3.05) is 13.7 Å². The summed E-state index contributed by atoms with van der Waals surface area (Å²) in [5.74, 6) is 0.926. The van der Waals surface area contributed by atoms with Gasteiger partial charge in [0.2, 0.25) is 0 Å². The Bertz CT molecular complexity index is 474. The summed E-state index contributed by atoms with van der Waals surface area (Å²) in [5, 5.41) is 3.60. The van der Waals surface area contributed by atoms with Crippen molar-refractivity contribution in [3.05, 3.63) is 29.3 Å². The zero-order valence-corrected chi connectivity index (χ0v) is 12.0. The van der Waals surface area contributed by atoms with Crippen LogP contribution in [0.15, 0.2) is 18.2 Å². The highest BCUT2D eigenvalue weighted by molar-refractivity contribution is 5.41. The molecule has 0 saturated carbocycles. The second kappa shape index (κ2) is 4.80. The van der Waals surface area contributed by atoms with Gasteiger partial charge in [0.1, 0.15) is 11.4 Å². The van der Waals surface area contributed by atoms with Crippen molar-refractivity contribution in [2.24, 2.45) is 0 Å². The number of nitrogens with one attached hydrogen (secondary N) is 1. The summed E-state index contributed by atoms with van der Waals surface area (Å²) in [6.07, 6.45) is 3.68. The molecule has 0 radical (unpaired) electrons. The van der Waals surface area contributed by atoms with Gasteiger partial charge >= 0.3 is 0 Å². The van der Waals surface area contributed by atoms with Crippen LogP contribution in [0.25, 0.3) is 0 Å². The Labute approximate surface area is 115 Å². The molecule has 1 aromatic rings. The summed E-state index contributed by atoms with van der Waals surface area (Å²) in [6, 6.07) is 6.84. The van der Waals surface area contributed by atoms with Crippen molar-refractivity contribution < 1.29 is 9.47 Å². The highest BCUT2D eigenvalue weighted by Crippen LogP contribution is 2.42. The minimum Gasteiger partial charge on any atom is -0.497 e. The van der Waals surface area contributed by atoms with E-state index < -0.39 is 0 Å². The second-order valence-corrected chi connectivity index (χ2v) is 5.86. The van der Waals surface area contributed by atoms with Crippen molar-refractivity contribution in [3.63, 3.8) is 0 Å². The molecule has 3 nitrogen and oxygen atoms in total. The van der Waals surface area contributed by atoms with Crippen molar-refractivity contribution >= 4 is 0 Å². The molecular weight excluding hydrogens is 238 g/mol. The molecule has 1 heterocycles. The lowest BCUT2D eigenvalue weighted by molar-refractivity contribution is -0.139. The molecule has 1 spiro atoms. The fourth-order valence-corrected chi connectivity index (χ4v) is 3.32. The van der Waals surface area contributed by atoms with E-state index in [1.165, 1.54) is 17.5 Å². The van der Waals surface area contributed by atoms with E-state index in [0.717, 1.165) is 25.1 Å². The van der Waals surface area contributed by atoms with E-state index in [-0.39, 0.29) is 11.7 Å². The lowest BCUT2D eigenvalue weighted by atomic mass is 9.77. The molecule has 1 N–H and O–H groups in total. The lowest BCUT2D eigenvalue weighted by Gasteiger charge is -2.47. The third-order valence-corrected chi connectivity index (χ3v) is 4.66. The first kappa shape index (κ1) is 12.9. The van der Waals surface area contributed by atoms with Crippen LogP contribution in [0.5, 0.6) is 5.75 Å². The molecule has 19 heavy (non-hydrogen) atoms. The van der Waals surface area contributed by atoms with Gasteiger partial charge < -0.3 is 14.8 Å². The first-order valence-electron chi connectivity index (χ1n) is 7.23. The number of ether oxygens (including phenoxy) is 2. The molecule has 3 rings (SSSR count). The fraction of sp³-hybridized carbons (Fsp3) is 0.625. The van der Waals surface area contributed by atoms with Gasteiger partial charge in [0.25, 0.3) is 0 Å². The Kier molecular flexibility index (Phi) is 3.27. The van der Waals surface area contributed by atoms with Crippen molar-refractivity contribution in [1.29, 1.82) is 0 Å². The van der Waals surface area contributed by atoms with Crippen LogP contribution < -0.4 is 10.1 Å². The SMILES string of the molecule is COc1ccc2c(c1)C1(CCC2)CNC(C)C(C)O1. The van der Waals surface area contributed by atoms with E-state index in [1.807, 2.05) is 0 Å². The summed E-state index contributed by atoms with van der Waals surface area (Å²) in [6.45, 7) is 5.25. The van der Waals surface area contributed by atoms with Crippen LogP contribution in [0.1, 0.15) is 37.8 Å². The highest BCUT2D eigenvalue weighted by atomic mass is 16.5. The van der Waals surface area contributed by atoms with Gasteiger partial charge in [0.05, 0.1) is 13.2 Å². The van der Waals surface area contributed by atoms with Gasteiger partial charge in [-0.1, -0.05) is 6.07 Å². The third-order valence-electron chi connectivity index (χ3n) is 4.66. The van der Waals surface area contributed by atoms with E-state index in [9.17, 15) is 0 Å². The van der Waals surface area contributed by atoms with Crippen LogP contribution in [-0.2, 0) is 16.8 Å². The maximum absolute atomic E-state index is 6.43. The Morgan fingerprint density at radius 1 is 1.37 bits per heavy atom. The van der Waals surface area contributed by atoms with Gasteiger partial charge in [-0.3, -0.25) is 0 Å². The number of benzene rings is 1. The van der Waals surface area contributed by atoms with Crippen molar-refractivity contribution in [2.45, 2.75) is 50.9 Å². The van der Waals surface area contributed by atoms with Crippen molar-refractivity contribution in [3.8, 4) is 5.75 Å². The monoisotopic (exact) mass is 261 g/mol. The summed E-state index contributed by atoms with van der Waals surface area (Å²) in [4.78, 5) is 0. The molecule has 104 valence electrons. The molecule has 3 unspecified atom stereocenters. The summed E-state index contributed by atoms with van der Waals surface area (Å²) < 4.78 is 11.8. The molecule has 1 fully saturated rings. The van der Waals surface area contributed by atoms with Gasteiger partial charge in [0.15, 0.2) is 0 Å². The molecule has 1 aliphatic heterocycles. The predicted octanol–water partition coefficient (Wildman–Crippen LogP) is 2.62. The highest BCUT2D eigenvalue weighted by Gasteiger charge is 2.43. The number of aryl methyl sites for hydroxylation is 1. The summed E-state index contributed by atoms with van der Waals surface area (Å²) in [5.41, 5.74) is 2.58. The van der Waals surface area contributed by atoms with E-state index in [0.29, 0.717) is 6.04 Å². The van der Waals surface area contributed by atoms with Crippen LogP contribution in [0.3, 0.4) is 0 Å². The molecule has 0 aromatic heterocycles. The van der Waals surface area contributed by atoms with E-state index in [4.69, 9.17) is 9.47 Å². The van der Waals surface area contributed by atoms with E-state index in [1.54, 1.807) is 7.11 Å². The normalized spacial score (nSPS) is 34.1. The minimum absolute atomic E-state index is 0.159. The number of methoxy groups -OCH3 is 1. The Morgan fingerprint density at radius 2 is 2.21 bits per heavy atom. The quantitative estimate of drug-likeness (QED) is 0.843. The third kappa shape index (κ3) is 2.15. The van der Waals surface area contributed by atoms with Gasteiger partial charge in [-0.2, -0.15) is 0 Å². The van der Waals surface area contributed by atoms with Crippen molar-refractivity contribution in [1.82, 2.24) is 5.32 Å². The molecule has 1 aliphatic carbocycles. The number of rotatable bonds is 1. The number of fused-ring (bicyclic) bond motifs is 2. The zero-order valence-electron chi connectivity index (χ0n) is 12.0. The summed E-state index contributed by atoms with van der Waals surface area (Å²) >= 11 is 0.